The van der Waals surface area contributed by atoms with Crippen molar-refractivity contribution in [1.29, 1.82) is 0 Å². The summed E-state index contributed by atoms with van der Waals surface area (Å²) in [6.45, 7) is 1.63. The Hall–Kier alpha value is -2.90. The number of amides is 2. The molecular weight excluding hydrogens is 371 g/mol. The Balaban J connectivity index is 1.46. The molecule has 2 amide bonds. The zero-order valence-electron chi connectivity index (χ0n) is 15.1. The standard InChI is InChI=1S/C20H20F3N3O2/c21-20(22,23)17-3-1-15(2-4-17)18(27)25-13-14-7-11-26(12-8-14)19(28)16-5-9-24-10-6-16/h1-6,9-10,14H,7-8,11-13H2,(H,25,27). The van der Waals surface area contributed by atoms with Crippen molar-refractivity contribution in [2.75, 3.05) is 19.6 Å². The van der Waals surface area contributed by atoms with Crippen LogP contribution in [-0.4, -0.2) is 41.3 Å². The van der Waals surface area contributed by atoms with E-state index >= 15 is 0 Å². The van der Waals surface area contributed by atoms with Crippen molar-refractivity contribution in [2.24, 2.45) is 5.92 Å². The molecule has 1 aromatic carbocycles. The first-order valence-electron chi connectivity index (χ1n) is 8.99. The lowest BCUT2D eigenvalue weighted by Gasteiger charge is -2.32. The fourth-order valence-corrected chi connectivity index (χ4v) is 3.17. The number of carbonyl (C=O) groups is 2. The van der Waals surface area contributed by atoms with Crippen molar-refractivity contribution in [1.82, 2.24) is 15.2 Å². The Bertz CT molecular complexity index is 815. The fraction of sp³-hybridized carbons (Fsp3) is 0.350. The summed E-state index contributed by atoms with van der Waals surface area (Å²) in [7, 11) is 0. The molecule has 0 spiro atoms. The third-order valence-corrected chi connectivity index (χ3v) is 4.85. The van der Waals surface area contributed by atoms with Crippen LogP contribution in [-0.2, 0) is 6.18 Å². The van der Waals surface area contributed by atoms with Crippen LogP contribution < -0.4 is 5.32 Å². The smallest absolute Gasteiger partial charge is 0.352 e. The van der Waals surface area contributed by atoms with Crippen molar-refractivity contribution >= 4 is 11.8 Å². The molecule has 0 unspecified atom stereocenters. The van der Waals surface area contributed by atoms with Crippen LogP contribution in [0.2, 0.25) is 0 Å². The van der Waals surface area contributed by atoms with Crippen molar-refractivity contribution in [2.45, 2.75) is 19.0 Å². The molecule has 1 aliphatic heterocycles. The van der Waals surface area contributed by atoms with Crippen LogP contribution in [0.1, 0.15) is 39.1 Å². The highest BCUT2D eigenvalue weighted by Gasteiger charge is 2.30. The topological polar surface area (TPSA) is 62.3 Å². The van der Waals surface area contributed by atoms with Gasteiger partial charge in [0.05, 0.1) is 5.56 Å². The van der Waals surface area contributed by atoms with Gasteiger partial charge in [0.2, 0.25) is 0 Å². The van der Waals surface area contributed by atoms with Crippen LogP contribution in [0.5, 0.6) is 0 Å². The van der Waals surface area contributed by atoms with E-state index in [9.17, 15) is 22.8 Å². The van der Waals surface area contributed by atoms with Crippen molar-refractivity contribution < 1.29 is 22.8 Å². The number of hydrogen-bond donors (Lipinski definition) is 1. The zero-order chi connectivity index (χ0) is 20.1. The number of aromatic nitrogens is 1. The molecule has 8 heteroatoms. The maximum Gasteiger partial charge on any atom is 0.416 e. The van der Waals surface area contributed by atoms with Gasteiger partial charge in [0.25, 0.3) is 11.8 Å². The van der Waals surface area contributed by atoms with Gasteiger partial charge >= 0.3 is 6.18 Å². The average Bonchev–Trinajstić information content (AvgIpc) is 2.72. The van der Waals surface area contributed by atoms with Gasteiger partial charge in [-0.25, -0.2) is 0 Å². The van der Waals surface area contributed by atoms with Crippen LogP contribution >= 0.6 is 0 Å². The van der Waals surface area contributed by atoms with Crippen LogP contribution in [0.3, 0.4) is 0 Å². The summed E-state index contributed by atoms with van der Waals surface area (Å²) >= 11 is 0. The Kier molecular flexibility index (Phi) is 5.96. The third-order valence-electron chi connectivity index (χ3n) is 4.85. The maximum atomic E-state index is 12.6. The van der Waals surface area contributed by atoms with E-state index in [0.717, 1.165) is 25.0 Å². The van der Waals surface area contributed by atoms with Crippen molar-refractivity contribution in [3.05, 3.63) is 65.5 Å². The van der Waals surface area contributed by atoms with Crippen LogP contribution in [0, 0.1) is 5.92 Å². The van der Waals surface area contributed by atoms with E-state index in [1.165, 1.54) is 12.1 Å². The van der Waals surface area contributed by atoms with Gasteiger partial charge in [-0.15, -0.1) is 0 Å². The Morgan fingerprint density at radius 1 is 1.00 bits per heavy atom. The lowest BCUT2D eigenvalue weighted by molar-refractivity contribution is -0.137. The Labute approximate surface area is 160 Å². The summed E-state index contributed by atoms with van der Waals surface area (Å²) in [5.41, 5.74) is 0.0117. The number of alkyl halides is 3. The molecule has 28 heavy (non-hydrogen) atoms. The number of likely N-dealkylation sites (tertiary alicyclic amines) is 1. The summed E-state index contributed by atoms with van der Waals surface area (Å²) in [6, 6.07) is 7.51. The number of nitrogens with zero attached hydrogens (tertiary/aromatic N) is 2. The van der Waals surface area contributed by atoms with E-state index in [-0.39, 0.29) is 17.4 Å². The van der Waals surface area contributed by atoms with Gasteiger partial charge in [0.15, 0.2) is 0 Å². The highest BCUT2D eigenvalue weighted by Crippen LogP contribution is 2.29. The first-order chi connectivity index (χ1) is 13.3. The molecule has 0 saturated carbocycles. The molecule has 5 nitrogen and oxygen atoms in total. The molecule has 148 valence electrons. The summed E-state index contributed by atoms with van der Waals surface area (Å²) in [5, 5.41) is 2.77. The summed E-state index contributed by atoms with van der Waals surface area (Å²) in [5.74, 6) is -0.210. The molecule has 1 aliphatic rings. The summed E-state index contributed by atoms with van der Waals surface area (Å²) in [4.78, 5) is 30.2. The van der Waals surface area contributed by atoms with E-state index in [0.29, 0.717) is 25.2 Å². The number of rotatable bonds is 4. The second-order valence-corrected chi connectivity index (χ2v) is 6.76. The predicted octanol–water partition coefficient (Wildman–Crippen LogP) is 3.38. The molecule has 1 N–H and O–H groups in total. The van der Waals surface area contributed by atoms with Gasteiger partial charge in [-0.05, 0) is 55.2 Å². The molecule has 2 aromatic rings. The molecule has 3 rings (SSSR count). The number of nitrogens with one attached hydrogen (secondary N) is 1. The number of halogens is 3. The van der Waals surface area contributed by atoms with Gasteiger partial charge in [0.1, 0.15) is 0 Å². The number of carbonyl (C=O) groups excluding carboxylic acids is 2. The van der Waals surface area contributed by atoms with E-state index in [4.69, 9.17) is 0 Å². The lowest BCUT2D eigenvalue weighted by atomic mass is 9.96. The van der Waals surface area contributed by atoms with E-state index < -0.39 is 17.6 Å². The van der Waals surface area contributed by atoms with Gasteiger partial charge in [-0.3, -0.25) is 14.6 Å². The minimum absolute atomic E-state index is 0.0327. The third kappa shape index (κ3) is 4.88. The fourth-order valence-electron chi connectivity index (χ4n) is 3.17. The predicted molar refractivity (Wildman–Crippen MR) is 96.6 cm³/mol. The van der Waals surface area contributed by atoms with E-state index in [1.807, 2.05) is 0 Å². The van der Waals surface area contributed by atoms with Crippen molar-refractivity contribution in [3.63, 3.8) is 0 Å². The zero-order valence-corrected chi connectivity index (χ0v) is 15.1. The number of pyridine rings is 1. The first-order valence-corrected chi connectivity index (χ1v) is 8.99. The summed E-state index contributed by atoms with van der Waals surface area (Å²) < 4.78 is 37.7. The molecule has 1 saturated heterocycles. The molecule has 0 atom stereocenters. The average molecular weight is 391 g/mol. The normalized spacial score (nSPS) is 15.3. The number of hydrogen-bond acceptors (Lipinski definition) is 3. The molecule has 2 heterocycles. The second-order valence-electron chi connectivity index (χ2n) is 6.76. The van der Waals surface area contributed by atoms with Crippen LogP contribution in [0.25, 0.3) is 0 Å². The van der Waals surface area contributed by atoms with Crippen LogP contribution in [0.4, 0.5) is 13.2 Å². The highest BCUT2D eigenvalue weighted by atomic mass is 19.4. The monoisotopic (exact) mass is 391 g/mol. The molecule has 1 fully saturated rings. The molecule has 0 bridgehead atoms. The second kappa shape index (κ2) is 8.41. The minimum atomic E-state index is -4.42. The van der Waals surface area contributed by atoms with Gasteiger partial charge in [-0.2, -0.15) is 13.2 Å². The molecule has 0 radical (unpaired) electrons. The minimum Gasteiger partial charge on any atom is -0.352 e. The first kappa shape index (κ1) is 19.9. The SMILES string of the molecule is O=C(NCC1CCN(C(=O)c2ccncc2)CC1)c1ccc(C(F)(F)F)cc1. The molecule has 1 aromatic heterocycles. The maximum absolute atomic E-state index is 12.6. The quantitative estimate of drug-likeness (QED) is 0.869. The largest absolute Gasteiger partial charge is 0.416 e. The van der Waals surface area contributed by atoms with E-state index in [2.05, 4.69) is 10.3 Å². The van der Waals surface area contributed by atoms with Crippen molar-refractivity contribution in [3.8, 4) is 0 Å². The highest BCUT2D eigenvalue weighted by molar-refractivity contribution is 5.94. The van der Waals surface area contributed by atoms with Crippen LogP contribution in [0.15, 0.2) is 48.8 Å². The van der Waals surface area contributed by atoms with Gasteiger partial charge in [-0.1, -0.05) is 0 Å². The number of piperidine rings is 1. The lowest BCUT2D eigenvalue weighted by Crippen LogP contribution is -2.41. The molecule has 0 aliphatic carbocycles. The Morgan fingerprint density at radius 2 is 1.61 bits per heavy atom. The van der Waals surface area contributed by atoms with Gasteiger partial charge in [0, 0.05) is 43.2 Å². The van der Waals surface area contributed by atoms with E-state index in [1.54, 1.807) is 29.4 Å². The van der Waals surface area contributed by atoms with Gasteiger partial charge < -0.3 is 10.2 Å². The Morgan fingerprint density at radius 3 is 2.18 bits per heavy atom. The summed E-state index contributed by atoms with van der Waals surface area (Å²) in [6.07, 6.45) is 0.248. The number of benzene rings is 1. The molecular formula is C20H20F3N3O2.